The van der Waals surface area contributed by atoms with Crippen LogP contribution in [0.2, 0.25) is 0 Å². The average Bonchev–Trinajstić information content (AvgIpc) is 3.10. The number of aromatic amines is 1. The second-order valence-electron chi connectivity index (χ2n) is 6.56. The molecule has 3 aromatic rings. The van der Waals surface area contributed by atoms with Crippen LogP contribution in [0.1, 0.15) is 38.9 Å². The molecule has 0 aliphatic carbocycles. The minimum atomic E-state index is -4.44. The van der Waals surface area contributed by atoms with Gasteiger partial charge in [0.25, 0.3) is 5.91 Å². The van der Waals surface area contributed by atoms with Gasteiger partial charge in [-0.3, -0.25) is 4.79 Å². The van der Waals surface area contributed by atoms with E-state index in [1.807, 2.05) is 0 Å². The number of halogens is 3. The predicted molar refractivity (Wildman–Crippen MR) is 101 cm³/mol. The summed E-state index contributed by atoms with van der Waals surface area (Å²) >= 11 is 0. The summed E-state index contributed by atoms with van der Waals surface area (Å²) in [5.74, 6) is -0.832. The van der Waals surface area contributed by atoms with E-state index in [9.17, 15) is 22.8 Å². The van der Waals surface area contributed by atoms with Crippen LogP contribution in [-0.2, 0) is 17.5 Å². The van der Waals surface area contributed by atoms with Gasteiger partial charge in [-0.05, 0) is 48.9 Å². The number of nitrogens with one attached hydrogen (secondary N) is 1. The Balaban J connectivity index is 1.79. The lowest BCUT2D eigenvalue weighted by Crippen LogP contribution is -2.26. The Morgan fingerprint density at radius 1 is 1.10 bits per heavy atom. The van der Waals surface area contributed by atoms with Crippen molar-refractivity contribution >= 4 is 22.8 Å². The molecule has 3 rings (SSSR count). The van der Waals surface area contributed by atoms with Crippen molar-refractivity contribution < 1.29 is 27.5 Å². The number of hydrogen-bond donors (Lipinski definition) is 1. The number of benzene rings is 2. The Kier molecular flexibility index (Phi) is 5.63. The second kappa shape index (κ2) is 7.98. The van der Waals surface area contributed by atoms with E-state index in [2.05, 4.69) is 4.98 Å². The van der Waals surface area contributed by atoms with Crippen LogP contribution in [0, 0.1) is 0 Å². The van der Waals surface area contributed by atoms with E-state index in [4.69, 9.17) is 4.74 Å². The van der Waals surface area contributed by atoms with Crippen LogP contribution in [-0.4, -0.2) is 35.4 Å². The van der Waals surface area contributed by atoms with E-state index < -0.39 is 17.7 Å². The third-order valence-electron chi connectivity index (χ3n) is 4.38. The van der Waals surface area contributed by atoms with E-state index in [1.54, 1.807) is 37.3 Å². The maximum atomic E-state index is 12.9. The minimum Gasteiger partial charge on any atom is -0.461 e. The minimum absolute atomic E-state index is 0.0298. The average molecular weight is 404 g/mol. The first-order valence-corrected chi connectivity index (χ1v) is 8.90. The fraction of sp³-hybridized carbons (Fsp3) is 0.238. The molecule has 152 valence electrons. The van der Waals surface area contributed by atoms with Gasteiger partial charge < -0.3 is 14.6 Å². The molecule has 0 radical (unpaired) electrons. The predicted octanol–water partition coefficient (Wildman–Crippen LogP) is 4.64. The molecule has 2 aromatic carbocycles. The van der Waals surface area contributed by atoms with Gasteiger partial charge in [0.05, 0.1) is 12.2 Å². The molecule has 1 heterocycles. The maximum absolute atomic E-state index is 12.9. The molecular formula is C21H19F3N2O3. The van der Waals surface area contributed by atoms with Crippen molar-refractivity contribution in [3.63, 3.8) is 0 Å². The van der Waals surface area contributed by atoms with Gasteiger partial charge >= 0.3 is 12.1 Å². The molecule has 1 N–H and O–H groups in total. The van der Waals surface area contributed by atoms with Gasteiger partial charge in [-0.25, -0.2) is 4.79 Å². The van der Waals surface area contributed by atoms with Gasteiger partial charge in [-0.1, -0.05) is 12.1 Å². The van der Waals surface area contributed by atoms with E-state index in [1.165, 1.54) is 18.0 Å². The molecule has 0 unspecified atom stereocenters. The number of aromatic nitrogens is 1. The molecule has 5 nitrogen and oxygen atoms in total. The first kappa shape index (κ1) is 20.4. The number of amides is 1. The summed E-state index contributed by atoms with van der Waals surface area (Å²) in [6.45, 7) is 1.98. The van der Waals surface area contributed by atoms with E-state index >= 15 is 0 Å². The van der Waals surface area contributed by atoms with Crippen LogP contribution in [0.25, 0.3) is 10.9 Å². The maximum Gasteiger partial charge on any atom is 0.416 e. The lowest BCUT2D eigenvalue weighted by Gasteiger charge is -2.18. The fourth-order valence-corrected chi connectivity index (χ4v) is 3.00. The molecule has 0 atom stereocenters. The van der Waals surface area contributed by atoms with Gasteiger partial charge in [-0.2, -0.15) is 13.2 Å². The zero-order chi connectivity index (χ0) is 21.2. The van der Waals surface area contributed by atoms with Gasteiger partial charge in [0.1, 0.15) is 5.69 Å². The highest BCUT2D eigenvalue weighted by Gasteiger charge is 2.30. The summed E-state index contributed by atoms with van der Waals surface area (Å²) in [7, 11) is 1.52. The number of nitrogens with zero attached hydrogens (tertiary/aromatic N) is 1. The summed E-state index contributed by atoms with van der Waals surface area (Å²) in [5.41, 5.74) is 0.939. The molecule has 0 spiro atoms. The monoisotopic (exact) mass is 404 g/mol. The number of rotatable bonds is 5. The first-order chi connectivity index (χ1) is 13.7. The van der Waals surface area contributed by atoms with E-state index in [0.717, 1.165) is 12.1 Å². The van der Waals surface area contributed by atoms with Gasteiger partial charge in [0, 0.05) is 30.1 Å². The van der Waals surface area contributed by atoms with Crippen LogP contribution in [0.3, 0.4) is 0 Å². The summed E-state index contributed by atoms with van der Waals surface area (Å²) in [6, 6.07) is 11.4. The van der Waals surface area contributed by atoms with Crippen LogP contribution >= 0.6 is 0 Å². The zero-order valence-electron chi connectivity index (χ0n) is 15.8. The molecule has 0 saturated heterocycles. The molecule has 0 aliphatic rings. The molecule has 0 aliphatic heterocycles. The van der Waals surface area contributed by atoms with Crippen molar-refractivity contribution in [1.82, 2.24) is 9.88 Å². The highest BCUT2D eigenvalue weighted by atomic mass is 19.4. The number of hydrogen-bond acceptors (Lipinski definition) is 3. The SMILES string of the molecule is CCOC(=O)c1cc2cc(C(=O)N(C)Cc3cccc(C(F)(F)F)c3)ccc2[nH]1. The fourth-order valence-electron chi connectivity index (χ4n) is 3.00. The Hall–Kier alpha value is -3.29. The van der Waals surface area contributed by atoms with Crippen molar-refractivity contribution in [2.24, 2.45) is 0 Å². The number of ether oxygens (including phenoxy) is 1. The molecule has 0 fully saturated rings. The number of carbonyl (C=O) groups is 2. The molecule has 29 heavy (non-hydrogen) atoms. The third kappa shape index (κ3) is 4.59. The molecule has 1 amide bonds. The van der Waals surface area contributed by atoms with E-state index in [-0.39, 0.29) is 24.8 Å². The molecular weight excluding hydrogens is 385 g/mol. The van der Waals surface area contributed by atoms with Crippen LogP contribution in [0.4, 0.5) is 13.2 Å². The third-order valence-corrected chi connectivity index (χ3v) is 4.38. The van der Waals surface area contributed by atoms with Crippen molar-refractivity contribution in [2.75, 3.05) is 13.7 Å². The van der Waals surface area contributed by atoms with Gasteiger partial charge in [0.2, 0.25) is 0 Å². The Morgan fingerprint density at radius 2 is 1.86 bits per heavy atom. The van der Waals surface area contributed by atoms with Crippen molar-refractivity contribution in [3.8, 4) is 0 Å². The standard InChI is InChI=1S/C21H19F3N2O3/c1-3-29-20(28)18-11-15-10-14(7-8-17(15)25-18)19(27)26(2)12-13-5-4-6-16(9-13)21(22,23)24/h4-11,25H,3,12H2,1-2H3. The molecule has 0 saturated carbocycles. The van der Waals surface area contributed by atoms with Crippen LogP contribution in [0.5, 0.6) is 0 Å². The summed E-state index contributed by atoms with van der Waals surface area (Å²) < 4.78 is 43.6. The zero-order valence-corrected chi connectivity index (χ0v) is 15.8. The largest absolute Gasteiger partial charge is 0.461 e. The smallest absolute Gasteiger partial charge is 0.416 e. The van der Waals surface area contributed by atoms with Gasteiger partial charge in [0.15, 0.2) is 0 Å². The summed E-state index contributed by atoms with van der Waals surface area (Å²) in [6.07, 6.45) is -4.44. The topological polar surface area (TPSA) is 62.4 Å². The lowest BCUT2D eigenvalue weighted by atomic mass is 10.1. The number of alkyl halides is 3. The highest BCUT2D eigenvalue weighted by molar-refractivity contribution is 6.00. The summed E-state index contributed by atoms with van der Waals surface area (Å²) in [4.78, 5) is 28.8. The second-order valence-corrected chi connectivity index (χ2v) is 6.56. The Labute approximate surface area is 165 Å². The number of esters is 1. The Bertz CT molecular complexity index is 1060. The van der Waals surface area contributed by atoms with Crippen molar-refractivity contribution in [3.05, 3.63) is 70.9 Å². The van der Waals surface area contributed by atoms with Gasteiger partial charge in [-0.15, -0.1) is 0 Å². The lowest BCUT2D eigenvalue weighted by molar-refractivity contribution is -0.137. The Morgan fingerprint density at radius 3 is 2.55 bits per heavy atom. The summed E-state index contributed by atoms with van der Waals surface area (Å²) in [5, 5.41) is 0.659. The van der Waals surface area contributed by atoms with Crippen molar-refractivity contribution in [1.29, 1.82) is 0 Å². The number of carbonyl (C=O) groups excluding carboxylic acids is 2. The number of H-pyrrole nitrogens is 1. The first-order valence-electron chi connectivity index (χ1n) is 8.90. The quantitative estimate of drug-likeness (QED) is 0.631. The molecule has 8 heteroatoms. The van der Waals surface area contributed by atoms with Crippen LogP contribution < -0.4 is 0 Å². The molecule has 0 bridgehead atoms. The van der Waals surface area contributed by atoms with Crippen LogP contribution in [0.15, 0.2) is 48.5 Å². The highest BCUT2D eigenvalue weighted by Crippen LogP contribution is 2.29. The normalized spacial score (nSPS) is 11.5. The van der Waals surface area contributed by atoms with E-state index in [0.29, 0.717) is 22.0 Å². The van der Waals surface area contributed by atoms with Crippen molar-refractivity contribution in [2.45, 2.75) is 19.6 Å². The molecule has 1 aromatic heterocycles. The number of fused-ring (bicyclic) bond motifs is 1.